The SMILES string of the molecule is COC1=CC2=C(SC3C=CC=CC3=CO2)C(C2CCN(CCCC(C)O)CC2)C1. The Labute approximate surface area is 179 Å². The summed E-state index contributed by atoms with van der Waals surface area (Å²) in [5, 5.41) is 9.83. The van der Waals surface area contributed by atoms with E-state index < -0.39 is 0 Å². The lowest BCUT2D eigenvalue weighted by molar-refractivity contribution is 0.133. The monoisotopic (exact) mass is 415 g/mol. The second-order valence-electron chi connectivity index (χ2n) is 8.54. The highest BCUT2D eigenvalue weighted by Crippen LogP contribution is 2.48. The molecule has 0 bridgehead atoms. The molecule has 3 atom stereocenters. The van der Waals surface area contributed by atoms with Crippen LogP contribution < -0.4 is 0 Å². The molecule has 1 fully saturated rings. The summed E-state index contributed by atoms with van der Waals surface area (Å²) in [6.45, 7) is 5.28. The van der Waals surface area contributed by atoms with Crippen LogP contribution in [0.4, 0.5) is 0 Å². The molecule has 4 nitrogen and oxygen atoms in total. The van der Waals surface area contributed by atoms with Gasteiger partial charge in [0.2, 0.25) is 0 Å². The smallest absolute Gasteiger partial charge is 0.139 e. The molecular weight excluding hydrogens is 382 g/mol. The summed E-state index contributed by atoms with van der Waals surface area (Å²) < 4.78 is 11.8. The Kier molecular flexibility index (Phi) is 6.88. The third-order valence-electron chi connectivity index (χ3n) is 6.44. The van der Waals surface area contributed by atoms with Gasteiger partial charge in [-0.1, -0.05) is 24.3 Å². The van der Waals surface area contributed by atoms with Crippen molar-refractivity contribution < 1.29 is 14.6 Å². The van der Waals surface area contributed by atoms with Crippen LogP contribution in [0.25, 0.3) is 0 Å². The summed E-state index contributed by atoms with van der Waals surface area (Å²) in [5.74, 6) is 3.14. The van der Waals surface area contributed by atoms with Crippen LogP contribution in [0.15, 0.2) is 58.6 Å². The van der Waals surface area contributed by atoms with Crippen molar-refractivity contribution in [2.75, 3.05) is 26.7 Å². The van der Waals surface area contributed by atoms with Crippen LogP contribution in [0, 0.1) is 11.8 Å². The zero-order valence-electron chi connectivity index (χ0n) is 17.5. The van der Waals surface area contributed by atoms with E-state index in [2.05, 4.69) is 35.3 Å². The number of methoxy groups -OCH3 is 1. The average Bonchev–Trinajstić information content (AvgIpc) is 2.92. The maximum absolute atomic E-state index is 9.49. The van der Waals surface area contributed by atoms with Crippen LogP contribution in [0.5, 0.6) is 0 Å². The predicted molar refractivity (Wildman–Crippen MR) is 119 cm³/mol. The van der Waals surface area contributed by atoms with Crippen LogP contribution in [0.2, 0.25) is 0 Å². The normalized spacial score (nSPS) is 28.7. The van der Waals surface area contributed by atoms with E-state index in [4.69, 9.17) is 9.47 Å². The molecule has 1 saturated heterocycles. The van der Waals surface area contributed by atoms with Gasteiger partial charge in [-0.3, -0.25) is 0 Å². The number of hydrogen-bond donors (Lipinski definition) is 1. The van der Waals surface area contributed by atoms with Gasteiger partial charge in [0.05, 0.1) is 30.5 Å². The number of ether oxygens (including phenoxy) is 2. The van der Waals surface area contributed by atoms with E-state index in [0.717, 1.165) is 50.4 Å². The minimum atomic E-state index is -0.186. The van der Waals surface area contributed by atoms with Gasteiger partial charge in [-0.25, -0.2) is 0 Å². The summed E-state index contributed by atoms with van der Waals surface area (Å²) in [7, 11) is 1.77. The van der Waals surface area contributed by atoms with Gasteiger partial charge in [0, 0.05) is 28.9 Å². The van der Waals surface area contributed by atoms with Crippen molar-refractivity contribution in [2.45, 2.75) is 50.4 Å². The topological polar surface area (TPSA) is 41.9 Å². The van der Waals surface area contributed by atoms with Crippen molar-refractivity contribution in [3.63, 3.8) is 0 Å². The van der Waals surface area contributed by atoms with Gasteiger partial charge in [0.25, 0.3) is 0 Å². The van der Waals surface area contributed by atoms with Gasteiger partial charge >= 0.3 is 0 Å². The van der Waals surface area contributed by atoms with Gasteiger partial charge < -0.3 is 19.5 Å². The van der Waals surface area contributed by atoms with Crippen LogP contribution in [-0.4, -0.2) is 48.1 Å². The summed E-state index contributed by atoms with van der Waals surface area (Å²) in [4.78, 5) is 3.96. The second-order valence-corrected chi connectivity index (χ2v) is 9.73. The fraction of sp³-hybridized carbons (Fsp3) is 0.583. The Bertz CT molecular complexity index is 741. The molecule has 5 heteroatoms. The van der Waals surface area contributed by atoms with E-state index in [1.807, 2.05) is 24.9 Å². The van der Waals surface area contributed by atoms with Gasteiger partial charge in [-0.05, 0) is 58.2 Å². The van der Waals surface area contributed by atoms with Crippen LogP contribution in [0.3, 0.4) is 0 Å². The van der Waals surface area contributed by atoms with Gasteiger partial charge in [-0.2, -0.15) is 0 Å². The molecule has 158 valence electrons. The quantitative estimate of drug-likeness (QED) is 0.677. The second kappa shape index (κ2) is 9.59. The summed E-state index contributed by atoms with van der Waals surface area (Å²) in [6.07, 6.45) is 17.8. The molecule has 1 N–H and O–H groups in total. The molecule has 4 rings (SSSR count). The molecule has 0 radical (unpaired) electrons. The first-order valence-corrected chi connectivity index (χ1v) is 11.8. The van der Waals surface area contributed by atoms with Gasteiger partial charge in [-0.15, -0.1) is 11.8 Å². The molecule has 0 spiro atoms. The van der Waals surface area contributed by atoms with Gasteiger partial charge in [0.1, 0.15) is 5.76 Å². The fourth-order valence-corrected chi connectivity index (χ4v) is 6.12. The molecular formula is C24H33NO3S. The number of hydrogen-bond acceptors (Lipinski definition) is 5. The zero-order valence-corrected chi connectivity index (χ0v) is 18.4. The molecule has 2 heterocycles. The summed E-state index contributed by atoms with van der Waals surface area (Å²) in [5.41, 5.74) is 1.23. The van der Waals surface area contributed by atoms with E-state index in [0.29, 0.717) is 17.1 Å². The molecule has 2 aliphatic carbocycles. The number of likely N-dealkylation sites (tertiary alicyclic amines) is 1. The third kappa shape index (κ3) is 5.01. The van der Waals surface area contributed by atoms with Crippen molar-refractivity contribution in [1.82, 2.24) is 4.90 Å². The maximum atomic E-state index is 9.49. The molecule has 0 aromatic carbocycles. The number of nitrogens with zero attached hydrogens (tertiary/aromatic N) is 1. The number of aliphatic hydroxyl groups excluding tert-OH is 1. The van der Waals surface area contributed by atoms with E-state index in [9.17, 15) is 5.11 Å². The lowest BCUT2D eigenvalue weighted by Crippen LogP contribution is -2.37. The van der Waals surface area contributed by atoms with E-state index in [-0.39, 0.29) is 6.10 Å². The third-order valence-corrected chi connectivity index (χ3v) is 7.88. The summed E-state index contributed by atoms with van der Waals surface area (Å²) >= 11 is 1.96. The highest BCUT2D eigenvalue weighted by molar-refractivity contribution is 8.04. The Morgan fingerprint density at radius 2 is 2.14 bits per heavy atom. The Morgan fingerprint density at radius 3 is 2.90 bits per heavy atom. The largest absolute Gasteiger partial charge is 0.501 e. The van der Waals surface area contributed by atoms with E-state index >= 15 is 0 Å². The van der Waals surface area contributed by atoms with Crippen LogP contribution in [-0.2, 0) is 9.47 Å². The molecule has 0 amide bonds. The van der Waals surface area contributed by atoms with Crippen molar-refractivity contribution in [3.05, 3.63) is 58.6 Å². The first-order chi connectivity index (χ1) is 14.1. The highest BCUT2D eigenvalue weighted by atomic mass is 32.2. The minimum absolute atomic E-state index is 0.186. The van der Waals surface area contributed by atoms with Crippen molar-refractivity contribution in [2.24, 2.45) is 11.8 Å². The molecule has 3 unspecified atom stereocenters. The molecule has 0 aromatic rings. The van der Waals surface area contributed by atoms with E-state index in [1.165, 1.54) is 23.3 Å². The predicted octanol–water partition coefficient (Wildman–Crippen LogP) is 4.76. The first kappa shape index (κ1) is 20.8. The Morgan fingerprint density at radius 1 is 1.31 bits per heavy atom. The number of rotatable bonds is 6. The Hall–Kier alpha value is -1.43. The molecule has 4 aliphatic rings. The molecule has 0 saturated carbocycles. The zero-order chi connectivity index (χ0) is 20.2. The minimum Gasteiger partial charge on any atom is -0.501 e. The lowest BCUT2D eigenvalue weighted by Gasteiger charge is -2.38. The van der Waals surface area contributed by atoms with E-state index in [1.54, 1.807) is 7.11 Å². The average molecular weight is 416 g/mol. The van der Waals surface area contributed by atoms with Gasteiger partial charge in [0.15, 0.2) is 0 Å². The number of aliphatic hydroxyl groups is 1. The Balaban J connectivity index is 1.44. The van der Waals surface area contributed by atoms with Crippen LogP contribution in [0.1, 0.15) is 39.0 Å². The standard InChI is InChI=1S/C24H33NO3S/c1-17(26)6-5-11-25-12-9-18(10-13-25)21-14-20(27-2)15-22-24(21)29-23-8-4-3-7-19(23)16-28-22/h3-4,7-8,15-18,21,23,26H,5-6,9-14H2,1-2H3. The van der Waals surface area contributed by atoms with Crippen molar-refractivity contribution in [3.8, 4) is 0 Å². The lowest BCUT2D eigenvalue weighted by atomic mass is 9.79. The first-order valence-electron chi connectivity index (χ1n) is 10.9. The van der Waals surface area contributed by atoms with Crippen LogP contribution >= 0.6 is 11.8 Å². The molecule has 2 aliphatic heterocycles. The number of allylic oxidation sites excluding steroid dienone is 6. The van der Waals surface area contributed by atoms with Crippen molar-refractivity contribution >= 4 is 11.8 Å². The summed E-state index contributed by atoms with van der Waals surface area (Å²) in [6, 6.07) is 0. The number of fused-ring (bicyclic) bond motifs is 1. The molecule has 29 heavy (non-hydrogen) atoms. The number of thioether (sulfide) groups is 1. The highest BCUT2D eigenvalue weighted by Gasteiger charge is 2.36. The fourth-order valence-electron chi connectivity index (χ4n) is 4.74. The number of piperidine rings is 1. The maximum Gasteiger partial charge on any atom is 0.139 e. The molecule has 0 aromatic heterocycles. The van der Waals surface area contributed by atoms with Crippen molar-refractivity contribution in [1.29, 1.82) is 0 Å².